The number of halogens is 1. The van der Waals surface area contributed by atoms with Crippen LogP contribution in [0.2, 0.25) is 0 Å². The molecular formula is C23H18FNO3. The second-order valence-corrected chi connectivity index (χ2v) is 6.53. The largest absolute Gasteiger partial charge is 0.478 e. The molecule has 0 aliphatic carbocycles. The molecule has 0 unspecified atom stereocenters. The maximum absolute atomic E-state index is 13.8. The Hall–Kier alpha value is -3.60. The molecule has 0 aliphatic rings. The number of hydrogen-bond acceptors (Lipinski definition) is 2. The average Bonchev–Trinajstić information content (AvgIpc) is 3.13. The topological polar surface area (TPSA) is 62.3 Å². The minimum atomic E-state index is -1.14. The standard InChI is InChI=1S/C23H18FNO3/c1-2-14-3-4-15-5-7-18(10-17(15)9-14)28-22-8-6-16(11-19(22)23(26)27)20-12-25-13-21(20)24/h3-13,25H,2H2,1H3,(H,26,27). The number of hydrogen-bond donors (Lipinski definition) is 2. The van der Waals surface area contributed by atoms with Crippen molar-refractivity contribution >= 4 is 16.7 Å². The van der Waals surface area contributed by atoms with E-state index in [0.29, 0.717) is 16.9 Å². The maximum atomic E-state index is 13.8. The van der Waals surface area contributed by atoms with Gasteiger partial charge in [-0.3, -0.25) is 0 Å². The third-order valence-corrected chi connectivity index (χ3v) is 4.73. The minimum Gasteiger partial charge on any atom is -0.478 e. The van der Waals surface area contributed by atoms with E-state index in [1.165, 1.54) is 24.0 Å². The number of aromatic carboxylic acids is 1. The quantitative estimate of drug-likeness (QED) is 0.448. The summed E-state index contributed by atoms with van der Waals surface area (Å²) in [6, 6.07) is 16.5. The van der Waals surface area contributed by atoms with Crippen LogP contribution in [-0.4, -0.2) is 16.1 Å². The Morgan fingerprint density at radius 1 is 1.04 bits per heavy atom. The number of rotatable bonds is 5. The Bertz CT molecular complexity index is 1180. The first-order valence-corrected chi connectivity index (χ1v) is 8.95. The van der Waals surface area contributed by atoms with Crippen molar-refractivity contribution in [1.29, 1.82) is 0 Å². The summed E-state index contributed by atoms with van der Waals surface area (Å²) in [5.74, 6) is -0.824. The number of carboxylic acid groups (broad SMARTS) is 1. The van der Waals surface area contributed by atoms with Crippen LogP contribution >= 0.6 is 0 Å². The normalized spacial score (nSPS) is 10.9. The van der Waals surface area contributed by atoms with Gasteiger partial charge in [0.15, 0.2) is 0 Å². The minimum absolute atomic E-state index is 0.0273. The zero-order valence-corrected chi connectivity index (χ0v) is 15.2. The molecule has 0 saturated carbocycles. The van der Waals surface area contributed by atoms with E-state index in [0.717, 1.165) is 17.2 Å². The van der Waals surface area contributed by atoms with Gasteiger partial charge in [-0.25, -0.2) is 9.18 Å². The summed E-state index contributed by atoms with van der Waals surface area (Å²) in [5, 5.41) is 11.7. The van der Waals surface area contributed by atoms with Crippen molar-refractivity contribution in [2.24, 2.45) is 0 Å². The lowest BCUT2D eigenvalue weighted by Gasteiger charge is -2.11. The van der Waals surface area contributed by atoms with Gasteiger partial charge in [0.05, 0.1) is 0 Å². The number of fused-ring (bicyclic) bond motifs is 1. The summed E-state index contributed by atoms with van der Waals surface area (Å²) in [6.07, 6.45) is 3.65. The predicted octanol–water partition coefficient (Wildman–Crippen LogP) is 6.03. The fraction of sp³-hybridized carbons (Fsp3) is 0.0870. The smallest absolute Gasteiger partial charge is 0.339 e. The maximum Gasteiger partial charge on any atom is 0.339 e. The van der Waals surface area contributed by atoms with Gasteiger partial charge >= 0.3 is 5.97 Å². The predicted molar refractivity (Wildman–Crippen MR) is 107 cm³/mol. The van der Waals surface area contributed by atoms with E-state index < -0.39 is 11.8 Å². The molecule has 4 rings (SSSR count). The fourth-order valence-electron chi connectivity index (χ4n) is 3.20. The van der Waals surface area contributed by atoms with Crippen molar-refractivity contribution < 1.29 is 19.0 Å². The highest BCUT2D eigenvalue weighted by Gasteiger charge is 2.16. The molecule has 0 radical (unpaired) electrons. The Labute approximate surface area is 161 Å². The van der Waals surface area contributed by atoms with Crippen LogP contribution in [0.4, 0.5) is 4.39 Å². The molecule has 28 heavy (non-hydrogen) atoms. The number of nitrogens with one attached hydrogen (secondary N) is 1. The molecular weight excluding hydrogens is 357 g/mol. The van der Waals surface area contributed by atoms with Crippen molar-refractivity contribution in [1.82, 2.24) is 4.98 Å². The van der Waals surface area contributed by atoms with Crippen LogP contribution in [0.5, 0.6) is 11.5 Å². The van der Waals surface area contributed by atoms with Crippen molar-refractivity contribution in [3.63, 3.8) is 0 Å². The van der Waals surface area contributed by atoms with E-state index in [4.69, 9.17) is 4.74 Å². The van der Waals surface area contributed by atoms with Crippen molar-refractivity contribution in [2.75, 3.05) is 0 Å². The van der Waals surface area contributed by atoms with E-state index in [1.54, 1.807) is 18.2 Å². The lowest BCUT2D eigenvalue weighted by atomic mass is 10.0. The van der Waals surface area contributed by atoms with Crippen LogP contribution in [0.1, 0.15) is 22.8 Å². The number of carboxylic acids is 1. The van der Waals surface area contributed by atoms with Gasteiger partial charge in [-0.05, 0) is 52.6 Å². The van der Waals surface area contributed by atoms with E-state index in [1.807, 2.05) is 12.1 Å². The second kappa shape index (κ2) is 7.19. The number of benzene rings is 3. The second-order valence-electron chi connectivity index (χ2n) is 6.53. The van der Waals surface area contributed by atoms with Gasteiger partial charge in [0, 0.05) is 18.0 Å². The molecule has 0 fully saturated rings. The highest BCUT2D eigenvalue weighted by atomic mass is 19.1. The number of carbonyl (C=O) groups is 1. The molecule has 2 N–H and O–H groups in total. The van der Waals surface area contributed by atoms with Crippen LogP contribution in [0.3, 0.4) is 0 Å². The summed E-state index contributed by atoms with van der Waals surface area (Å²) >= 11 is 0. The monoisotopic (exact) mass is 375 g/mol. The molecule has 0 amide bonds. The third-order valence-electron chi connectivity index (χ3n) is 4.73. The zero-order valence-electron chi connectivity index (χ0n) is 15.2. The Morgan fingerprint density at radius 2 is 1.86 bits per heavy atom. The van der Waals surface area contributed by atoms with E-state index in [-0.39, 0.29) is 11.3 Å². The van der Waals surface area contributed by atoms with Crippen LogP contribution in [-0.2, 0) is 6.42 Å². The van der Waals surface area contributed by atoms with Crippen molar-refractivity contribution in [3.05, 3.63) is 83.9 Å². The van der Waals surface area contributed by atoms with Crippen LogP contribution in [0, 0.1) is 5.82 Å². The summed E-state index contributed by atoms with van der Waals surface area (Å²) in [6.45, 7) is 2.09. The highest BCUT2D eigenvalue weighted by Crippen LogP contribution is 2.32. The first-order valence-electron chi connectivity index (χ1n) is 8.95. The van der Waals surface area contributed by atoms with Gasteiger partial charge in [-0.1, -0.05) is 37.3 Å². The number of H-pyrrole nitrogens is 1. The molecule has 1 heterocycles. The molecule has 4 nitrogen and oxygen atoms in total. The van der Waals surface area contributed by atoms with Crippen LogP contribution in [0.15, 0.2) is 67.0 Å². The first kappa shape index (κ1) is 17.8. The van der Waals surface area contributed by atoms with E-state index in [2.05, 4.69) is 30.1 Å². The molecule has 0 bridgehead atoms. The first-order chi connectivity index (χ1) is 13.5. The number of ether oxygens (including phenoxy) is 1. The summed E-state index contributed by atoms with van der Waals surface area (Å²) in [4.78, 5) is 14.4. The molecule has 1 aromatic heterocycles. The Morgan fingerprint density at radius 3 is 2.57 bits per heavy atom. The molecule has 3 aromatic carbocycles. The van der Waals surface area contributed by atoms with Gasteiger partial charge in [0.1, 0.15) is 22.9 Å². The molecule has 140 valence electrons. The SMILES string of the molecule is CCc1ccc2ccc(Oc3ccc(-c4c[nH]cc4F)cc3C(=O)O)cc2c1. The van der Waals surface area contributed by atoms with Gasteiger partial charge in [-0.15, -0.1) is 0 Å². The van der Waals surface area contributed by atoms with Gasteiger partial charge < -0.3 is 14.8 Å². The summed E-state index contributed by atoms with van der Waals surface area (Å²) < 4.78 is 19.7. The van der Waals surface area contributed by atoms with Crippen molar-refractivity contribution in [2.45, 2.75) is 13.3 Å². The van der Waals surface area contributed by atoms with Crippen molar-refractivity contribution in [3.8, 4) is 22.6 Å². The molecule has 0 spiro atoms. The molecule has 4 aromatic rings. The lowest BCUT2D eigenvalue weighted by molar-refractivity contribution is 0.0694. The van der Waals surface area contributed by atoms with Gasteiger partial charge in [0.2, 0.25) is 0 Å². The molecule has 5 heteroatoms. The number of aromatic nitrogens is 1. The zero-order chi connectivity index (χ0) is 19.7. The summed E-state index contributed by atoms with van der Waals surface area (Å²) in [7, 11) is 0. The van der Waals surface area contributed by atoms with Gasteiger partial charge in [0.25, 0.3) is 0 Å². The van der Waals surface area contributed by atoms with Crippen LogP contribution < -0.4 is 4.74 Å². The summed E-state index contributed by atoms with van der Waals surface area (Å²) in [5.41, 5.74) is 1.97. The Balaban J connectivity index is 1.72. The fourth-order valence-corrected chi connectivity index (χ4v) is 3.20. The van der Waals surface area contributed by atoms with E-state index >= 15 is 0 Å². The number of aryl methyl sites for hydroxylation is 1. The van der Waals surface area contributed by atoms with E-state index in [9.17, 15) is 14.3 Å². The highest BCUT2D eigenvalue weighted by molar-refractivity contribution is 5.93. The molecule has 0 atom stereocenters. The van der Waals surface area contributed by atoms with Gasteiger partial charge in [-0.2, -0.15) is 0 Å². The van der Waals surface area contributed by atoms with Crippen LogP contribution in [0.25, 0.3) is 21.9 Å². The Kier molecular flexibility index (Phi) is 4.57. The average molecular weight is 375 g/mol. The third kappa shape index (κ3) is 3.34. The lowest BCUT2D eigenvalue weighted by Crippen LogP contribution is -2.00. The number of aromatic amines is 1. The molecule has 0 aliphatic heterocycles. The molecule has 0 saturated heterocycles.